The number of hydrogen-bond acceptors (Lipinski definition) is 3. The second-order valence-electron chi connectivity index (χ2n) is 3.61. The van der Waals surface area contributed by atoms with Crippen LogP contribution in [-0.2, 0) is 4.79 Å². The first-order valence-corrected chi connectivity index (χ1v) is 5.29. The molecular weight excluding hydrogens is 180 g/mol. The van der Waals surface area contributed by atoms with Crippen molar-refractivity contribution in [1.82, 2.24) is 5.32 Å². The predicted molar refractivity (Wildman–Crippen MR) is 56.8 cm³/mol. The van der Waals surface area contributed by atoms with Gasteiger partial charge in [-0.15, -0.1) is 0 Å². The van der Waals surface area contributed by atoms with Crippen LogP contribution in [0.2, 0.25) is 0 Å². The van der Waals surface area contributed by atoms with Gasteiger partial charge in [0.25, 0.3) is 0 Å². The maximum Gasteiger partial charge on any atom is 0.221 e. The molecule has 0 aliphatic rings. The molecule has 14 heavy (non-hydrogen) atoms. The van der Waals surface area contributed by atoms with E-state index >= 15 is 0 Å². The monoisotopic (exact) mass is 202 g/mol. The Balaban J connectivity index is 3.73. The largest absolute Gasteiger partial charge is 0.394 e. The van der Waals surface area contributed by atoms with Gasteiger partial charge in [-0.2, -0.15) is 0 Å². The smallest absolute Gasteiger partial charge is 0.221 e. The fourth-order valence-electron chi connectivity index (χ4n) is 1.27. The van der Waals surface area contributed by atoms with Gasteiger partial charge in [-0.3, -0.25) is 4.79 Å². The minimum atomic E-state index is -0.128. The van der Waals surface area contributed by atoms with Crippen molar-refractivity contribution in [2.24, 2.45) is 5.73 Å². The lowest BCUT2D eigenvalue weighted by molar-refractivity contribution is -0.122. The van der Waals surface area contributed by atoms with Gasteiger partial charge in [0.05, 0.1) is 12.6 Å². The van der Waals surface area contributed by atoms with Crippen molar-refractivity contribution in [2.75, 3.05) is 6.61 Å². The molecule has 0 saturated carbocycles. The molecule has 0 aromatic carbocycles. The third kappa shape index (κ3) is 5.94. The molecule has 0 rings (SSSR count). The van der Waals surface area contributed by atoms with E-state index in [1.807, 2.05) is 13.8 Å². The lowest BCUT2D eigenvalue weighted by Crippen LogP contribution is -2.39. The fraction of sp³-hybridized carbons (Fsp3) is 0.900. The summed E-state index contributed by atoms with van der Waals surface area (Å²) in [6.07, 6.45) is 2.95. The predicted octanol–water partition coefficient (Wildman–Crippen LogP) is 0.391. The van der Waals surface area contributed by atoms with Crippen LogP contribution in [0, 0.1) is 0 Å². The second-order valence-corrected chi connectivity index (χ2v) is 3.61. The molecule has 0 heterocycles. The number of carbonyl (C=O) groups excluding carboxylic acids is 1. The Kier molecular flexibility index (Phi) is 7.42. The van der Waals surface area contributed by atoms with Crippen molar-refractivity contribution < 1.29 is 9.90 Å². The van der Waals surface area contributed by atoms with E-state index in [-0.39, 0.29) is 24.6 Å². The summed E-state index contributed by atoms with van der Waals surface area (Å²) in [5, 5.41) is 11.6. The van der Waals surface area contributed by atoms with E-state index in [4.69, 9.17) is 10.8 Å². The van der Waals surface area contributed by atoms with Crippen LogP contribution in [0.25, 0.3) is 0 Å². The van der Waals surface area contributed by atoms with Crippen molar-refractivity contribution in [3.63, 3.8) is 0 Å². The Morgan fingerprint density at radius 1 is 1.50 bits per heavy atom. The van der Waals surface area contributed by atoms with Crippen molar-refractivity contribution in [3.8, 4) is 0 Å². The molecule has 4 heteroatoms. The zero-order valence-electron chi connectivity index (χ0n) is 9.12. The van der Waals surface area contributed by atoms with E-state index < -0.39 is 0 Å². The average Bonchev–Trinajstić information content (AvgIpc) is 2.14. The highest BCUT2D eigenvalue weighted by molar-refractivity contribution is 5.76. The number of hydrogen-bond donors (Lipinski definition) is 3. The third-order valence-electron chi connectivity index (χ3n) is 2.19. The number of aliphatic hydroxyl groups is 1. The molecule has 0 bridgehead atoms. The number of amides is 1. The van der Waals surface area contributed by atoms with Gasteiger partial charge in [-0.25, -0.2) is 0 Å². The van der Waals surface area contributed by atoms with Gasteiger partial charge in [0.15, 0.2) is 0 Å². The van der Waals surface area contributed by atoms with Crippen molar-refractivity contribution >= 4 is 5.91 Å². The van der Waals surface area contributed by atoms with Crippen LogP contribution in [-0.4, -0.2) is 29.7 Å². The van der Waals surface area contributed by atoms with Crippen molar-refractivity contribution in [3.05, 3.63) is 0 Å². The molecule has 0 radical (unpaired) electrons. The van der Waals surface area contributed by atoms with E-state index in [0.717, 1.165) is 19.3 Å². The highest BCUT2D eigenvalue weighted by Crippen LogP contribution is 1.99. The van der Waals surface area contributed by atoms with Gasteiger partial charge < -0.3 is 16.2 Å². The maximum atomic E-state index is 11.4. The molecule has 4 nitrogen and oxygen atoms in total. The summed E-state index contributed by atoms with van der Waals surface area (Å²) in [5.41, 5.74) is 5.72. The molecule has 0 saturated heterocycles. The van der Waals surface area contributed by atoms with Crippen LogP contribution in [0.3, 0.4) is 0 Å². The SMILES string of the molecule is CCCC(N)CC(=O)NC(CC)CO. The molecule has 2 unspecified atom stereocenters. The molecule has 0 aliphatic heterocycles. The zero-order chi connectivity index (χ0) is 11.0. The van der Waals surface area contributed by atoms with E-state index in [2.05, 4.69) is 5.32 Å². The Morgan fingerprint density at radius 2 is 2.14 bits per heavy atom. The van der Waals surface area contributed by atoms with Gasteiger partial charge in [0, 0.05) is 12.5 Å². The van der Waals surface area contributed by atoms with E-state index in [1.54, 1.807) is 0 Å². The first-order chi connectivity index (χ1) is 6.63. The van der Waals surface area contributed by atoms with E-state index in [0.29, 0.717) is 6.42 Å². The highest BCUT2D eigenvalue weighted by Gasteiger charge is 2.12. The summed E-state index contributed by atoms with van der Waals surface area (Å²) in [5.74, 6) is -0.0631. The minimum absolute atomic E-state index is 0.00867. The van der Waals surface area contributed by atoms with Gasteiger partial charge in [-0.1, -0.05) is 20.3 Å². The maximum absolute atomic E-state index is 11.4. The van der Waals surface area contributed by atoms with Crippen LogP contribution in [0.15, 0.2) is 0 Å². The normalized spacial score (nSPS) is 14.9. The fourth-order valence-corrected chi connectivity index (χ4v) is 1.27. The molecule has 0 aliphatic carbocycles. The lowest BCUT2D eigenvalue weighted by Gasteiger charge is -2.16. The summed E-state index contributed by atoms with van der Waals surface area (Å²) in [6.45, 7) is 3.96. The number of aliphatic hydroxyl groups excluding tert-OH is 1. The second kappa shape index (κ2) is 7.76. The standard InChI is InChI=1S/C10H22N2O2/c1-3-5-8(11)6-10(14)12-9(4-2)7-13/h8-9,13H,3-7,11H2,1-2H3,(H,12,14). The minimum Gasteiger partial charge on any atom is -0.394 e. The average molecular weight is 202 g/mol. The van der Waals surface area contributed by atoms with Crippen LogP contribution in [0.1, 0.15) is 39.5 Å². The van der Waals surface area contributed by atoms with Gasteiger partial charge in [-0.05, 0) is 12.8 Å². The Morgan fingerprint density at radius 3 is 2.57 bits per heavy atom. The quantitative estimate of drug-likeness (QED) is 0.559. The van der Waals surface area contributed by atoms with E-state index in [1.165, 1.54) is 0 Å². The van der Waals surface area contributed by atoms with Crippen LogP contribution in [0.5, 0.6) is 0 Å². The van der Waals surface area contributed by atoms with Crippen molar-refractivity contribution in [2.45, 2.75) is 51.6 Å². The first-order valence-electron chi connectivity index (χ1n) is 5.29. The molecule has 2 atom stereocenters. The zero-order valence-corrected chi connectivity index (χ0v) is 9.12. The molecule has 0 aromatic heterocycles. The summed E-state index contributed by atoms with van der Waals surface area (Å²) >= 11 is 0. The lowest BCUT2D eigenvalue weighted by atomic mass is 10.1. The van der Waals surface area contributed by atoms with Crippen LogP contribution >= 0.6 is 0 Å². The van der Waals surface area contributed by atoms with E-state index in [9.17, 15) is 4.79 Å². The number of carbonyl (C=O) groups is 1. The molecule has 84 valence electrons. The number of nitrogens with two attached hydrogens (primary N) is 1. The van der Waals surface area contributed by atoms with Crippen LogP contribution < -0.4 is 11.1 Å². The molecule has 1 amide bonds. The summed E-state index contributed by atoms with van der Waals surface area (Å²) in [4.78, 5) is 11.4. The molecule has 4 N–H and O–H groups in total. The summed E-state index contributed by atoms with van der Waals surface area (Å²) in [6, 6.07) is -0.187. The van der Waals surface area contributed by atoms with Gasteiger partial charge in [0.2, 0.25) is 5.91 Å². The van der Waals surface area contributed by atoms with Crippen molar-refractivity contribution in [1.29, 1.82) is 0 Å². The first kappa shape index (κ1) is 13.4. The molecule has 0 spiro atoms. The Bertz CT molecular complexity index is 158. The number of nitrogens with one attached hydrogen (secondary N) is 1. The topological polar surface area (TPSA) is 75.4 Å². The summed E-state index contributed by atoms with van der Waals surface area (Å²) < 4.78 is 0. The highest BCUT2D eigenvalue weighted by atomic mass is 16.3. The molecule has 0 aromatic rings. The Hall–Kier alpha value is -0.610. The Labute approximate surface area is 85.9 Å². The van der Waals surface area contributed by atoms with Gasteiger partial charge in [0.1, 0.15) is 0 Å². The third-order valence-corrected chi connectivity index (χ3v) is 2.19. The van der Waals surface area contributed by atoms with Crippen LogP contribution in [0.4, 0.5) is 0 Å². The molecular formula is C10H22N2O2. The molecule has 0 fully saturated rings. The summed E-state index contributed by atoms with van der Waals surface area (Å²) in [7, 11) is 0. The number of rotatable bonds is 7. The van der Waals surface area contributed by atoms with Gasteiger partial charge >= 0.3 is 0 Å².